The monoisotopic (exact) mass is 483 g/mol. The van der Waals surface area contributed by atoms with Gasteiger partial charge in [0.05, 0.1) is 17.0 Å². The Hall–Kier alpha value is -2.75. The van der Waals surface area contributed by atoms with Gasteiger partial charge in [0.1, 0.15) is 16.9 Å². The Balaban J connectivity index is 1.98. The van der Waals surface area contributed by atoms with E-state index < -0.39 is 28.6 Å². The molecule has 33 heavy (non-hydrogen) atoms. The number of para-hydroxylation sites is 1. The first-order valence-corrected chi connectivity index (χ1v) is 11.9. The highest BCUT2D eigenvalue weighted by Crippen LogP contribution is 2.75. The van der Waals surface area contributed by atoms with E-state index in [-0.39, 0.29) is 15.4 Å². The van der Waals surface area contributed by atoms with Gasteiger partial charge in [-0.3, -0.25) is 9.59 Å². The van der Waals surface area contributed by atoms with Crippen molar-refractivity contribution in [3.05, 3.63) is 71.3 Å². The van der Waals surface area contributed by atoms with E-state index in [1.54, 1.807) is 38.1 Å². The molecule has 1 N–H and O–H groups in total. The average Bonchev–Trinajstić information content (AvgIpc) is 3.24. The number of carboxylic acid groups (broad SMARTS) is 1. The largest absolute Gasteiger partial charge is 0.481 e. The fraction of sp³-hybridized carbons (Fsp3) is 0.346. The molecule has 3 rings (SSSR count). The van der Waals surface area contributed by atoms with Crippen molar-refractivity contribution in [1.29, 1.82) is 5.26 Å². The zero-order chi connectivity index (χ0) is 24.4. The minimum absolute atomic E-state index is 0.00671. The van der Waals surface area contributed by atoms with Crippen LogP contribution in [0.15, 0.2) is 65.7 Å². The number of aliphatic carboxylic acids is 1. The number of rotatable bonds is 8. The van der Waals surface area contributed by atoms with Gasteiger partial charge in [-0.2, -0.15) is 5.26 Å². The smallest absolute Gasteiger partial charge is 0.312 e. The minimum Gasteiger partial charge on any atom is -0.481 e. The van der Waals surface area contributed by atoms with Crippen molar-refractivity contribution in [3.8, 4) is 17.6 Å². The summed E-state index contributed by atoms with van der Waals surface area (Å²) in [6.45, 7) is 7.35. The van der Waals surface area contributed by atoms with Crippen LogP contribution in [0.5, 0.6) is 11.5 Å². The molecule has 1 saturated carbocycles. The van der Waals surface area contributed by atoms with Crippen LogP contribution in [0.1, 0.15) is 39.2 Å². The van der Waals surface area contributed by atoms with Crippen LogP contribution in [0, 0.1) is 28.1 Å². The van der Waals surface area contributed by atoms with E-state index in [4.69, 9.17) is 16.3 Å². The summed E-state index contributed by atoms with van der Waals surface area (Å²) >= 11 is 7.36. The molecule has 0 bridgehead atoms. The SMILES string of the molecule is CC(C)SC(=O)C(Cl)=C[C@H]1C(C)(C)[C@]1(C(=O)O)[C@@H](C#N)c1cccc(Oc2ccccc2)c1. The highest BCUT2D eigenvalue weighted by molar-refractivity contribution is 8.14. The molecular formula is C26H26ClNO4S. The molecule has 0 saturated heterocycles. The molecule has 2 aromatic rings. The standard InChI is InChI=1S/C26H26ClNO4S/c1-16(2)33-23(29)21(27)14-22-25(3,4)26(22,24(30)31)20(15-28)17-9-8-12-19(13-17)32-18-10-6-5-7-11-18/h5-14,16,20,22H,1-4H3,(H,30,31)/t20-,22-,26+/m0/s1. The molecule has 0 amide bonds. The molecule has 5 nitrogen and oxygen atoms in total. The number of ether oxygens (including phenoxy) is 1. The van der Waals surface area contributed by atoms with Crippen molar-refractivity contribution >= 4 is 34.4 Å². The second kappa shape index (κ2) is 9.62. The van der Waals surface area contributed by atoms with Gasteiger partial charge in [-0.05, 0) is 35.2 Å². The van der Waals surface area contributed by atoms with Gasteiger partial charge in [0.15, 0.2) is 0 Å². The molecule has 3 atom stereocenters. The van der Waals surface area contributed by atoms with Crippen LogP contribution in [0.3, 0.4) is 0 Å². The van der Waals surface area contributed by atoms with Crippen LogP contribution in [0.25, 0.3) is 0 Å². The molecule has 0 aromatic heterocycles. The summed E-state index contributed by atoms with van der Waals surface area (Å²) in [5, 5.41) is 20.2. The van der Waals surface area contributed by atoms with Crippen molar-refractivity contribution in [3.63, 3.8) is 0 Å². The van der Waals surface area contributed by atoms with Gasteiger partial charge >= 0.3 is 5.97 Å². The summed E-state index contributed by atoms with van der Waals surface area (Å²) in [6, 6.07) is 18.3. The lowest BCUT2D eigenvalue weighted by Gasteiger charge is -2.22. The predicted octanol–water partition coefficient (Wildman–Crippen LogP) is 6.60. The molecule has 7 heteroatoms. The molecule has 1 aliphatic rings. The number of nitriles is 1. The van der Waals surface area contributed by atoms with Crippen molar-refractivity contribution in [2.45, 2.75) is 38.9 Å². The normalized spacial score (nSPS) is 22.3. The third kappa shape index (κ3) is 4.66. The van der Waals surface area contributed by atoms with Crippen molar-refractivity contribution in [2.75, 3.05) is 0 Å². The Kier molecular flexibility index (Phi) is 7.26. The Morgan fingerprint density at radius 1 is 1.15 bits per heavy atom. The molecular weight excluding hydrogens is 458 g/mol. The molecule has 0 heterocycles. The second-order valence-electron chi connectivity index (χ2n) is 8.89. The lowest BCUT2D eigenvalue weighted by atomic mass is 9.78. The lowest BCUT2D eigenvalue weighted by molar-refractivity contribution is -0.145. The Bertz CT molecular complexity index is 1120. The van der Waals surface area contributed by atoms with Gasteiger partial charge in [0, 0.05) is 11.2 Å². The first kappa shape index (κ1) is 24.9. The molecule has 0 spiro atoms. The number of benzene rings is 2. The van der Waals surface area contributed by atoms with Gasteiger partial charge < -0.3 is 9.84 Å². The van der Waals surface area contributed by atoms with Crippen molar-refractivity contribution < 1.29 is 19.4 Å². The van der Waals surface area contributed by atoms with Gasteiger partial charge in [-0.15, -0.1) is 0 Å². The van der Waals surface area contributed by atoms with Crippen LogP contribution < -0.4 is 4.74 Å². The number of thioether (sulfide) groups is 1. The molecule has 1 fully saturated rings. The molecule has 0 radical (unpaired) electrons. The van der Waals surface area contributed by atoms with E-state index >= 15 is 0 Å². The lowest BCUT2D eigenvalue weighted by Crippen LogP contribution is -2.28. The van der Waals surface area contributed by atoms with Crippen molar-refractivity contribution in [1.82, 2.24) is 0 Å². The van der Waals surface area contributed by atoms with Crippen LogP contribution in [-0.4, -0.2) is 21.4 Å². The second-order valence-corrected chi connectivity index (χ2v) is 10.8. The van der Waals surface area contributed by atoms with E-state index in [0.717, 1.165) is 11.8 Å². The van der Waals surface area contributed by atoms with Crippen molar-refractivity contribution in [2.24, 2.45) is 16.7 Å². The average molecular weight is 484 g/mol. The molecule has 2 aromatic carbocycles. The van der Waals surface area contributed by atoms with E-state index in [2.05, 4.69) is 6.07 Å². The highest BCUT2D eigenvalue weighted by atomic mass is 35.5. The Labute approximate surface area is 203 Å². The summed E-state index contributed by atoms with van der Waals surface area (Å²) in [4.78, 5) is 25.0. The Morgan fingerprint density at radius 3 is 2.36 bits per heavy atom. The van der Waals surface area contributed by atoms with Crippen LogP contribution in [-0.2, 0) is 9.59 Å². The van der Waals surface area contributed by atoms with E-state index in [1.165, 1.54) is 6.08 Å². The number of carboxylic acids is 1. The van der Waals surface area contributed by atoms with Crippen LogP contribution in [0.2, 0.25) is 0 Å². The maximum Gasteiger partial charge on any atom is 0.312 e. The van der Waals surface area contributed by atoms with Crippen LogP contribution >= 0.6 is 23.4 Å². The molecule has 172 valence electrons. The highest BCUT2D eigenvalue weighted by Gasteiger charge is 2.78. The maximum absolute atomic E-state index is 12.6. The third-order valence-electron chi connectivity index (χ3n) is 6.21. The number of nitrogens with zero attached hydrogens (tertiary/aromatic N) is 1. The number of carbonyl (C=O) groups excluding carboxylic acids is 1. The summed E-state index contributed by atoms with van der Waals surface area (Å²) in [5.41, 5.74) is -1.69. The first-order chi connectivity index (χ1) is 15.5. The van der Waals surface area contributed by atoms with Gasteiger partial charge in [0.2, 0.25) is 5.12 Å². The third-order valence-corrected chi connectivity index (χ3v) is 7.53. The number of hydrogen-bond donors (Lipinski definition) is 1. The summed E-state index contributed by atoms with van der Waals surface area (Å²) in [5.74, 6) is -1.51. The topological polar surface area (TPSA) is 87.4 Å². The van der Waals surface area contributed by atoms with Gasteiger partial charge in [-0.1, -0.05) is 87.5 Å². The van der Waals surface area contributed by atoms with Gasteiger partial charge in [0.25, 0.3) is 0 Å². The zero-order valence-corrected chi connectivity index (χ0v) is 20.5. The number of allylic oxidation sites excluding steroid dienone is 1. The molecule has 0 aliphatic heterocycles. The van der Waals surface area contributed by atoms with E-state index in [1.807, 2.05) is 44.2 Å². The number of halogens is 1. The first-order valence-electron chi connectivity index (χ1n) is 10.6. The minimum atomic E-state index is -1.43. The maximum atomic E-state index is 12.6. The van der Waals surface area contributed by atoms with E-state index in [0.29, 0.717) is 17.1 Å². The fourth-order valence-corrected chi connectivity index (χ4v) is 5.44. The Morgan fingerprint density at radius 2 is 1.79 bits per heavy atom. The van der Waals surface area contributed by atoms with E-state index in [9.17, 15) is 20.0 Å². The summed E-state index contributed by atoms with van der Waals surface area (Å²) in [6.07, 6.45) is 1.52. The zero-order valence-electron chi connectivity index (χ0n) is 18.9. The predicted molar refractivity (Wildman–Crippen MR) is 130 cm³/mol. The summed E-state index contributed by atoms with van der Waals surface area (Å²) in [7, 11) is 0. The fourth-order valence-electron chi connectivity index (χ4n) is 4.57. The number of carbonyl (C=O) groups is 2. The van der Waals surface area contributed by atoms with Gasteiger partial charge in [-0.25, -0.2) is 0 Å². The molecule has 0 unspecified atom stereocenters. The van der Waals surface area contributed by atoms with Crippen LogP contribution in [0.4, 0.5) is 0 Å². The molecule has 1 aliphatic carbocycles. The number of hydrogen-bond acceptors (Lipinski definition) is 5. The quantitative estimate of drug-likeness (QED) is 0.425. The summed E-state index contributed by atoms with van der Waals surface area (Å²) < 4.78 is 5.88.